The zero-order valence-corrected chi connectivity index (χ0v) is 12.1. The van der Waals surface area contributed by atoms with Crippen LogP contribution in [0.25, 0.3) is 0 Å². The summed E-state index contributed by atoms with van der Waals surface area (Å²) >= 11 is 3.53. The van der Waals surface area contributed by atoms with Crippen LogP contribution in [0.3, 0.4) is 0 Å². The fourth-order valence-corrected chi connectivity index (χ4v) is 1.95. The Hall–Kier alpha value is -0.340. The van der Waals surface area contributed by atoms with Crippen LogP contribution in [0.15, 0.2) is 22.7 Å². The molecule has 1 N–H and O–H groups in total. The van der Waals surface area contributed by atoms with Crippen LogP contribution in [0.4, 0.5) is 0 Å². The minimum atomic E-state index is 0.606. The first-order chi connectivity index (χ1) is 7.59. The lowest BCUT2D eigenvalue weighted by Gasteiger charge is -2.08. The summed E-state index contributed by atoms with van der Waals surface area (Å²) in [5, 5.41) is 3.44. The maximum Gasteiger partial charge on any atom is 0.0204 e. The van der Waals surface area contributed by atoms with Crippen molar-refractivity contribution >= 4 is 15.9 Å². The minimum Gasteiger partial charge on any atom is -0.315 e. The molecule has 0 saturated carbocycles. The van der Waals surface area contributed by atoms with Gasteiger partial charge in [-0.2, -0.15) is 0 Å². The summed E-state index contributed by atoms with van der Waals surface area (Å²) < 4.78 is 1.21. The molecule has 0 fully saturated rings. The molecule has 0 heterocycles. The monoisotopic (exact) mass is 283 g/mol. The lowest BCUT2D eigenvalue weighted by atomic mass is 10.1. The van der Waals surface area contributed by atoms with E-state index < -0.39 is 0 Å². The SMILES string of the molecule is Cc1cc(CCCCNC(C)C)ccc1Br. The van der Waals surface area contributed by atoms with Crippen LogP contribution in [0, 0.1) is 6.92 Å². The Morgan fingerprint density at radius 1 is 1.25 bits per heavy atom. The van der Waals surface area contributed by atoms with Gasteiger partial charge in [-0.15, -0.1) is 0 Å². The van der Waals surface area contributed by atoms with E-state index in [0.29, 0.717) is 6.04 Å². The van der Waals surface area contributed by atoms with Crippen molar-refractivity contribution in [3.05, 3.63) is 33.8 Å². The first kappa shape index (κ1) is 13.7. The van der Waals surface area contributed by atoms with Gasteiger partial charge in [-0.1, -0.05) is 41.9 Å². The van der Waals surface area contributed by atoms with Crippen molar-refractivity contribution in [2.75, 3.05) is 6.54 Å². The van der Waals surface area contributed by atoms with E-state index in [4.69, 9.17) is 0 Å². The third-order valence-corrected chi connectivity index (χ3v) is 3.56. The van der Waals surface area contributed by atoms with Crippen LogP contribution in [0.5, 0.6) is 0 Å². The normalized spacial score (nSPS) is 11.1. The topological polar surface area (TPSA) is 12.0 Å². The second-order valence-corrected chi connectivity index (χ2v) is 5.50. The number of nitrogens with one attached hydrogen (secondary N) is 1. The van der Waals surface area contributed by atoms with Crippen LogP contribution < -0.4 is 5.32 Å². The molecule has 90 valence electrons. The average Bonchev–Trinajstić information content (AvgIpc) is 2.22. The highest BCUT2D eigenvalue weighted by atomic mass is 79.9. The third kappa shape index (κ3) is 5.13. The van der Waals surface area contributed by atoms with Crippen molar-refractivity contribution in [1.82, 2.24) is 5.32 Å². The highest BCUT2D eigenvalue weighted by molar-refractivity contribution is 9.10. The lowest BCUT2D eigenvalue weighted by Crippen LogP contribution is -2.23. The smallest absolute Gasteiger partial charge is 0.0204 e. The molecule has 0 spiro atoms. The fraction of sp³-hybridized carbons (Fsp3) is 0.571. The molecule has 16 heavy (non-hydrogen) atoms. The van der Waals surface area contributed by atoms with Gasteiger partial charge >= 0.3 is 0 Å². The van der Waals surface area contributed by atoms with Gasteiger partial charge in [0.25, 0.3) is 0 Å². The Bertz CT molecular complexity index is 321. The number of unbranched alkanes of at least 4 members (excludes halogenated alkanes) is 1. The molecule has 0 bridgehead atoms. The minimum absolute atomic E-state index is 0.606. The molecule has 0 radical (unpaired) electrons. The second kappa shape index (κ2) is 7.08. The van der Waals surface area contributed by atoms with Crippen LogP contribution in [-0.2, 0) is 6.42 Å². The van der Waals surface area contributed by atoms with E-state index in [-0.39, 0.29) is 0 Å². The molecule has 1 nitrogen and oxygen atoms in total. The number of hydrogen-bond acceptors (Lipinski definition) is 1. The summed E-state index contributed by atoms with van der Waals surface area (Å²) in [6.45, 7) is 7.66. The number of halogens is 1. The molecule has 1 rings (SSSR count). The molecule has 0 saturated heterocycles. The van der Waals surface area contributed by atoms with E-state index in [0.717, 1.165) is 6.54 Å². The van der Waals surface area contributed by atoms with E-state index in [1.807, 2.05) is 0 Å². The lowest BCUT2D eigenvalue weighted by molar-refractivity contribution is 0.557. The second-order valence-electron chi connectivity index (χ2n) is 4.65. The highest BCUT2D eigenvalue weighted by Gasteiger charge is 1.98. The van der Waals surface area contributed by atoms with E-state index in [9.17, 15) is 0 Å². The van der Waals surface area contributed by atoms with E-state index >= 15 is 0 Å². The first-order valence-corrected chi connectivity index (χ1v) is 6.87. The molecular weight excluding hydrogens is 262 g/mol. The average molecular weight is 284 g/mol. The van der Waals surface area contributed by atoms with Gasteiger partial charge in [0.05, 0.1) is 0 Å². The Morgan fingerprint density at radius 3 is 2.62 bits per heavy atom. The Labute approximate surface area is 108 Å². The van der Waals surface area contributed by atoms with E-state index in [1.165, 1.54) is 34.9 Å². The molecule has 1 aromatic rings. The predicted molar refractivity (Wildman–Crippen MR) is 75.0 cm³/mol. The van der Waals surface area contributed by atoms with Crippen LogP contribution >= 0.6 is 15.9 Å². The summed E-state index contributed by atoms with van der Waals surface area (Å²) in [6.07, 6.45) is 3.71. The van der Waals surface area contributed by atoms with Crippen molar-refractivity contribution < 1.29 is 0 Å². The maximum atomic E-state index is 3.53. The molecule has 0 aliphatic carbocycles. The predicted octanol–water partition coefficient (Wildman–Crippen LogP) is 4.08. The van der Waals surface area contributed by atoms with Crippen LogP contribution in [0.2, 0.25) is 0 Å². The van der Waals surface area contributed by atoms with Gasteiger partial charge in [0.2, 0.25) is 0 Å². The number of aryl methyl sites for hydroxylation is 2. The summed E-state index contributed by atoms with van der Waals surface area (Å²) in [5.74, 6) is 0. The molecule has 0 aliphatic heterocycles. The largest absolute Gasteiger partial charge is 0.315 e. The summed E-state index contributed by atoms with van der Waals surface area (Å²) in [7, 11) is 0. The van der Waals surface area contributed by atoms with Crippen LogP contribution in [0.1, 0.15) is 37.8 Å². The Kier molecular flexibility index (Phi) is 6.07. The maximum absolute atomic E-state index is 3.53. The Morgan fingerprint density at radius 2 is 2.00 bits per heavy atom. The zero-order valence-electron chi connectivity index (χ0n) is 10.5. The van der Waals surface area contributed by atoms with Gasteiger partial charge in [-0.05, 0) is 49.9 Å². The van der Waals surface area contributed by atoms with Gasteiger partial charge in [-0.25, -0.2) is 0 Å². The summed E-state index contributed by atoms with van der Waals surface area (Å²) in [5.41, 5.74) is 2.78. The van der Waals surface area contributed by atoms with Crippen molar-refractivity contribution in [1.29, 1.82) is 0 Å². The highest BCUT2D eigenvalue weighted by Crippen LogP contribution is 2.18. The van der Waals surface area contributed by atoms with E-state index in [2.05, 4.69) is 60.2 Å². The third-order valence-electron chi connectivity index (χ3n) is 2.67. The van der Waals surface area contributed by atoms with Crippen molar-refractivity contribution in [3.8, 4) is 0 Å². The molecule has 2 heteroatoms. The Balaban J connectivity index is 2.24. The molecule has 0 aromatic heterocycles. The molecule has 0 unspecified atom stereocenters. The van der Waals surface area contributed by atoms with Crippen molar-refractivity contribution in [2.45, 2.75) is 46.1 Å². The van der Waals surface area contributed by atoms with Gasteiger partial charge in [0, 0.05) is 10.5 Å². The fourth-order valence-electron chi connectivity index (χ4n) is 1.71. The summed E-state index contributed by atoms with van der Waals surface area (Å²) in [4.78, 5) is 0. The quantitative estimate of drug-likeness (QED) is 0.776. The molecule has 0 amide bonds. The van der Waals surface area contributed by atoms with Gasteiger partial charge in [0.1, 0.15) is 0 Å². The summed E-state index contributed by atoms with van der Waals surface area (Å²) in [6, 6.07) is 7.25. The zero-order chi connectivity index (χ0) is 12.0. The first-order valence-electron chi connectivity index (χ1n) is 6.08. The van der Waals surface area contributed by atoms with Crippen molar-refractivity contribution in [3.63, 3.8) is 0 Å². The van der Waals surface area contributed by atoms with Crippen LogP contribution in [-0.4, -0.2) is 12.6 Å². The van der Waals surface area contributed by atoms with Gasteiger partial charge in [0.15, 0.2) is 0 Å². The molecule has 1 aromatic carbocycles. The number of rotatable bonds is 6. The molecule has 0 aliphatic rings. The number of hydrogen-bond donors (Lipinski definition) is 1. The number of benzene rings is 1. The van der Waals surface area contributed by atoms with Gasteiger partial charge in [-0.3, -0.25) is 0 Å². The van der Waals surface area contributed by atoms with E-state index in [1.54, 1.807) is 0 Å². The van der Waals surface area contributed by atoms with Crippen molar-refractivity contribution in [2.24, 2.45) is 0 Å². The molecular formula is C14H22BrN. The standard InChI is InChI=1S/C14H22BrN/c1-11(2)16-9-5-4-6-13-7-8-14(15)12(3)10-13/h7-8,10-11,16H,4-6,9H2,1-3H3. The molecule has 0 atom stereocenters. The van der Waals surface area contributed by atoms with Gasteiger partial charge < -0.3 is 5.32 Å².